The molecule has 1 aromatic heterocycles. The SMILES string of the molecule is CCCOc1ccc(C)nc1C(=O)N1CC2CN(C3=CC([AsH2])[N+](C)(C)C(C)=N3)CC2C1. The van der Waals surface area contributed by atoms with E-state index in [-0.39, 0.29) is 5.91 Å². The summed E-state index contributed by atoms with van der Waals surface area (Å²) < 4.78 is 6.64. The van der Waals surface area contributed by atoms with E-state index < -0.39 is 0 Å². The van der Waals surface area contributed by atoms with E-state index in [9.17, 15) is 4.79 Å². The summed E-state index contributed by atoms with van der Waals surface area (Å²) in [5.74, 6) is 3.84. The molecule has 8 heteroatoms. The third-order valence-corrected chi connectivity index (χ3v) is 8.90. The molecule has 3 aliphatic rings. The van der Waals surface area contributed by atoms with Crippen molar-refractivity contribution in [2.75, 3.05) is 46.9 Å². The van der Waals surface area contributed by atoms with Gasteiger partial charge in [-0.2, -0.15) is 0 Å². The number of likely N-dealkylation sites (tertiary alicyclic amines) is 2. The molecule has 0 saturated carbocycles. The molecular formula is C23H35AsN5O2+. The number of aliphatic imine (C=N–C) groups is 1. The minimum atomic E-state index is -0.00290. The van der Waals surface area contributed by atoms with Gasteiger partial charge < -0.3 is 0 Å². The first-order valence-corrected chi connectivity index (χ1v) is 12.6. The van der Waals surface area contributed by atoms with Crippen LogP contribution >= 0.6 is 0 Å². The number of likely N-dealkylation sites (N-methyl/N-ethyl adjacent to an activating group) is 1. The molecule has 2 fully saturated rings. The van der Waals surface area contributed by atoms with Gasteiger partial charge >= 0.3 is 161 Å². The number of aromatic nitrogens is 1. The number of hydrogen-bond donors (Lipinski definition) is 0. The Hall–Kier alpha value is -1.85. The van der Waals surface area contributed by atoms with Gasteiger partial charge in [-0.15, -0.1) is 0 Å². The zero-order chi connectivity index (χ0) is 22.3. The van der Waals surface area contributed by atoms with Crippen molar-refractivity contribution in [3.05, 3.63) is 35.4 Å². The molecule has 4 rings (SSSR count). The number of quaternary nitrogens is 1. The van der Waals surface area contributed by atoms with Gasteiger partial charge in [-0.1, -0.05) is 6.92 Å². The summed E-state index contributed by atoms with van der Waals surface area (Å²) in [7, 11) is 4.44. The van der Waals surface area contributed by atoms with Crippen LogP contribution in [0.4, 0.5) is 0 Å². The maximum absolute atomic E-state index is 13.3. The Balaban J connectivity index is 1.44. The Kier molecular flexibility index (Phi) is 6.19. The summed E-state index contributed by atoms with van der Waals surface area (Å²) in [5, 5.41) is 0. The van der Waals surface area contributed by atoms with Gasteiger partial charge in [0.05, 0.1) is 6.61 Å². The Labute approximate surface area is 194 Å². The third-order valence-electron chi connectivity index (χ3n) is 6.93. The fourth-order valence-electron chi connectivity index (χ4n) is 4.58. The average Bonchev–Trinajstić information content (AvgIpc) is 3.30. The number of carbonyl (C=O) groups is 1. The molecule has 0 bridgehead atoms. The van der Waals surface area contributed by atoms with E-state index >= 15 is 0 Å². The van der Waals surface area contributed by atoms with Gasteiger partial charge in [0.25, 0.3) is 0 Å². The Morgan fingerprint density at radius 2 is 1.87 bits per heavy atom. The van der Waals surface area contributed by atoms with Crippen LogP contribution < -0.4 is 4.74 Å². The van der Waals surface area contributed by atoms with Crippen LogP contribution in [-0.4, -0.2) is 99.6 Å². The van der Waals surface area contributed by atoms with Gasteiger partial charge in [0.1, 0.15) is 0 Å². The molecule has 0 aliphatic carbocycles. The molecule has 0 aromatic carbocycles. The van der Waals surface area contributed by atoms with Crippen LogP contribution in [0.3, 0.4) is 0 Å². The predicted octanol–water partition coefficient (Wildman–Crippen LogP) is 1.49. The van der Waals surface area contributed by atoms with E-state index in [2.05, 4.69) is 43.9 Å². The quantitative estimate of drug-likeness (QED) is 0.466. The number of aryl methyl sites for hydroxylation is 1. The molecule has 4 heterocycles. The van der Waals surface area contributed by atoms with E-state index in [1.54, 1.807) is 16.9 Å². The van der Waals surface area contributed by atoms with E-state index in [4.69, 9.17) is 9.73 Å². The number of pyridine rings is 1. The normalized spacial score (nSPS) is 27.1. The molecule has 31 heavy (non-hydrogen) atoms. The second-order valence-corrected chi connectivity index (χ2v) is 10.9. The minimum absolute atomic E-state index is 0.00290. The van der Waals surface area contributed by atoms with Crippen molar-refractivity contribution in [3.8, 4) is 5.75 Å². The summed E-state index contributed by atoms with van der Waals surface area (Å²) >= 11 is 1.74. The van der Waals surface area contributed by atoms with E-state index in [0.717, 1.165) is 54.4 Å². The van der Waals surface area contributed by atoms with Crippen LogP contribution in [0, 0.1) is 18.8 Å². The van der Waals surface area contributed by atoms with Crippen molar-refractivity contribution in [2.45, 2.75) is 32.0 Å². The van der Waals surface area contributed by atoms with Crippen molar-refractivity contribution in [1.29, 1.82) is 0 Å². The van der Waals surface area contributed by atoms with E-state index in [1.807, 2.05) is 24.0 Å². The standard InChI is InChI=1S/C23H35AsN5O2/c1-6-9-31-19-8-7-15(2)25-22(19)23(30)28-13-17-11-27(12-18(17)14-28)21-10-20(24)29(4,5)16(3)26-21/h7-8,10,17-18,20H,6,9,11-14,24H2,1-5H3/q+1. The van der Waals surface area contributed by atoms with Crippen molar-refractivity contribution in [2.24, 2.45) is 16.8 Å². The molecule has 3 aliphatic heterocycles. The molecule has 0 spiro atoms. The Bertz CT molecular complexity index is 915. The van der Waals surface area contributed by atoms with Crippen LogP contribution in [0.2, 0.25) is 0 Å². The number of ether oxygens (including phenoxy) is 1. The number of carbonyl (C=O) groups excluding carboxylic acids is 1. The predicted molar refractivity (Wildman–Crippen MR) is 125 cm³/mol. The van der Waals surface area contributed by atoms with Crippen molar-refractivity contribution >= 4 is 28.6 Å². The second-order valence-electron chi connectivity index (χ2n) is 9.50. The molecule has 0 N–H and O–H groups in total. The summed E-state index contributed by atoms with van der Waals surface area (Å²) in [5.41, 5.74) is 1.30. The molecule has 168 valence electrons. The van der Waals surface area contributed by atoms with E-state index in [1.165, 1.54) is 0 Å². The van der Waals surface area contributed by atoms with Gasteiger partial charge in [-0.05, 0) is 19.4 Å². The molecule has 1 amide bonds. The summed E-state index contributed by atoms with van der Waals surface area (Å²) in [6.07, 6.45) is 3.23. The fourth-order valence-corrected chi connectivity index (χ4v) is 5.40. The first-order valence-electron chi connectivity index (χ1n) is 11.2. The van der Waals surface area contributed by atoms with Crippen LogP contribution in [0.1, 0.15) is 36.5 Å². The van der Waals surface area contributed by atoms with Gasteiger partial charge in [0.2, 0.25) is 0 Å². The number of amides is 1. The second kappa shape index (κ2) is 8.59. The van der Waals surface area contributed by atoms with E-state index in [0.29, 0.717) is 34.7 Å². The number of rotatable bonds is 5. The molecule has 7 nitrogen and oxygen atoms in total. The molecule has 0 radical (unpaired) electrons. The van der Waals surface area contributed by atoms with Crippen LogP contribution in [-0.2, 0) is 0 Å². The summed E-state index contributed by atoms with van der Waals surface area (Å²) in [6, 6.07) is 3.78. The summed E-state index contributed by atoms with van der Waals surface area (Å²) in [4.78, 5) is 27.6. The average molecular weight is 488 g/mol. The third kappa shape index (κ3) is 4.27. The Morgan fingerprint density at radius 1 is 1.19 bits per heavy atom. The zero-order valence-corrected chi connectivity index (χ0v) is 21.8. The Morgan fingerprint density at radius 3 is 2.48 bits per heavy atom. The van der Waals surface area contributed by atoms with Crippen molar-refractivity contribution in [1.82, 2.24) is 14.8 Å². The zero-order valence-electron chi connectivity index (χ0n) is 19.3. The van der Waals surface area contributed by atoms with Crippen molar-refractivity contribution < 1.29 is 14.0 Å². The summed E-state index contributed by atoms with van der Waals surface area (Å²) in [6.45, 7) is 10.2. The topological polar surface area (TPSA) is 58.0 Å². The number of amidine groups is 1. The van der Waals surface area contributed by atoms with Crippen molar-refractivity contribution in [3.63, 3.8) is 0 Å². The molecular weight excluding hydrogens is 453 g/mol. The van der Waals surface area contributed by atoms with Gasteiger partial charge in [0.15, 0.2) is 0 Å². The fraction of sp³-hybridized carbons (Fsp3) is 0.609. The van der Waals surface area contributed by atoms with Crippen LogP contribution in [0.25, 0.3) is 0 Å². The first kappa shape index (κ1) is 22.3. The first-order chi connectivity index (χ1) is 14.7. The number of fused-ring (bicyclic) bond motifs is 1. The number of nitrogens with zero attached hydrogens (tertiary/aromatic N) is 5. The monoisotopic (exact) mass is 488 g/mol. The molecule has 4 unspecified atom stereocenters. The van der Waals surface area contributed by atoms with Gasteiger partial charge in [-0.3, -0.25) is 0 Å². The van der Waals surface area contributed by atoms with Gasteiger partial charge in [-0.25, -0.2) is 0 Å². The van der Waals surface area contributed by atoms with Crippen LogP contribution in [0.5, 0.6) is 5.75 Å². The van der Waals surface area contributed by atoms with Gasteiger partial charge in [0, 0.05) is 0 Å². The molecule has 4 atom stereocenters. The maximum atomic E-state index is 13.3. The molecule has 1 aromatic rings. The molecule has 2 saturated heterocycles. The number of hydrogen-bond acceptors (Lipinski definition) is 5. The van der Waals surface area contributed by atoms with Crippen LogP contribution in [0.15, 0.2) is 29.0 Å².